The van der Waals surface area contributed by atoms with Crippen LogP contribution in [0.2, 0.25) is 5.82 Å². The number of hydrogen-bond acceptors (Lipinski definition) is 3. The highest BCUT2D eigenvalue weighted by Gasteiger charge is 2.20. The van der Waals surface area contributed by atoms with Crippen molar-refractivity contribution in [3.63, 3.8) is 0 Å². The van der Waals surface area contributed by atoms with Crippen molar-refractivity contribution < 1.29 is 9.53 Å². The zero-order valence-corrected chi connectivity index (χ0v) is 13.6. The molecule has 0 heterocycles. The molecule has 0 aliphatic heterocycles. The molecule has 1 atom stereocenters. The van der Waals surface area contributed by atoms with Gasteiger partial charge in [-0.1, -0.05) is 46.4 Å². The van der Waals surface area contributed by atoms with Crippen LogP contribution in [-0.4, -0.2) is 38.1 Å². The molecule has 0 saturated heterocycles. The summed E-state index contributed by atoms with van der Waals surface area (Å²) in [6.45, 7) is 14.0. The maximum atomic E-state index is 12.2. The van der Waals surface area contributed by atoms with Gasteiger partial charge in [-0.2, -0.15) is 0 Å². The average molecular weight is 289 g/mol. The van der Waals surface area contributed by atoms with Gasteiger partial charge in [0.1, 0.15) is 5.76 Å². The van der Waals surface area contributed by atoms with Crippen LogP contribution in [0.5, 0.6) is 0 Å². The predicted molar refractivity (Wildman–Crippen MR) is 90.8 cm³/mol. The molecule has 0 aromatic rings. The van der Waals surface area contributed by atoms with E-state index in [-0.39, 0.29) is 5.82 Å². The van der Waals surface area contributed by atoms with E-state index in [2.05, 4.69) is 25.1 Å². The number of carbonyl (C=O) groups excluding carboxylic acids is 1. The molecule has 0 saturated carbocycles. The van der Waals surface area contributed by atoms with Gasteiger partial charge >= 0.3 is 6.09 Å². The zero-order valence-electron chi connectivity index (χ0n) is 13.6. The first-order chi connectivity index (χ1) is 9.94. The molecule has 4 nitrogen and oxygen atoms in total. The molecular weight excluding hydrogens is 263 g/mol. The van der Waals surface area contributed by atoms with E-state index >= 15 is 0 Å². The Morgan fingerprint density at radius 3 is 2.62 bits per heavy atom. The quantitative estimate of drug-likeness (QED) is 0.278. The molecule has 0 bridgehead atoms. The van der Waals surface area contributed by atoms with Crippen molar-refractivity contribution in [2.75, 3.05) is 13.6 Å². The van der Waals surface area contributed by atoms with Crippen molar-refractivity contribution >= 4 is 19.7 Å². The van der Waals surface area contributed by atoms with Crippen molar-refractivity contribution in [2.24, 2.45) is 4.99 Å². The van der Waals surface area contributed by atoms with Crippen LogP contribution < -0.4 is 0 Å². The smallest absolute Gasteiger partial charge is 0.402 e. The van der Waals surface area contributed by atoms with Crippen molar-refractivity contribution in [1.29, 1.82) is 0 Å². The Balaban J connectivity index is 4.76. The summed E-state index contributed by atoms with van der Waals surface area (Å²) >= 11 is 0. The molecule has 21 heavy (non-hydrogen) atoms. The van der Waals surface area contributed by atoms with E-state index in [1.807, 2.05) is 27.3 Å². The fraction of sp³-hybridized carbons (Fsp3) is 0.500. The molecule has 1 radical (unpaired) electrons. The summed E-state index contributed by atoms with van der Waals surface area (Å²) in [7, 11) is 3.53. The molecule has 5 heteroatoms. The van der Waals surface area contributed by atoms with Crippen LogP contribution in [0.25, 0.3) is 0 Å². The maximum Gasteiger partial charge on any atom is 0.402 e. The van der Waals surface area contributed by atoms with Gasteiger partial charge in [-0.3, -0.25) is 4.99 Å². The molecule has 0 N–H and O–H groups in total. The van der Waals surface area contributed by atoms with Gasteiger partial charge in [0.05, 0.1) is 0 Å². The minimum absolute atomic E-state index is 0.267. The van der Waals surface area contributed by atoms with Crippen LogP contribution in [0.4, 0.5) is 4.79 Å². The molecule has 0 rings (SSSR count). The van der Waals surface area contributed by atoms with E-state index in [4.69, 9.17) is 4.74 Å². The molecule has 0 spiro atoms. The lowest BCUT2D eigenvalue weighted by molar-refractivity contribution is 0.159. The molecule has 0 aromatic carbocycles. The van der Waals surface area contributed by atoms with E-state index in [9.17, 15) is 4.79 Å². The Kier molecular flexibility index (Phi) is 10.0. The van der Waals surface area contributed by atoms with Crippen LogP contribution in [0, 0.1) is 0 Å². The molecule has 115 valence electrons. The SMILES string of the molecule is C=C(C=NC)CN([B]C(C)CC)C(=O)OC(=C)/C=C\CC. The number of allylic oxidation sites excluding steroid dienone is 2. The highest BCUT2D eigenvalue weighted by Crippen LogP contribution is 2.12. The van der Waals surface area contributed by atoms with E-state index < -0.39 is 6.09 Å². The van der Waals surface area contributed by atoms with Crippen LogP contribution in [-0.2, 0) is 4.74 Å². The molecule has 1 amide bonds. The standard InChI is InChI=1S/C16H26BN2O2/c1-7-9-10-15(5)21-16(20)19(17-14(4)8-2)12-13(3)11-18-6/h9-11,14H,3,5,7-8,12H2,1-2,4,6H3/b10-9-,18-11?. The van der Waals surface area contributed by atoms with Crippen molar-refractivity contribution in [1.82, 2.24) is 4.81 Å². The number of carbonyl (C=O) groups is 1. The Morgan fingerprint density at radius 1 is 1.43 bits per heavy atom. The zero-order chi connectivity index (χ0) is 16.3. The van der Waals surface area contributed by atoms with Crippen LogP contribution >= 0.6 is 0 Å². The van der Waals surface area contributed by atoms with Crippen LogP contribution in [0.3, 0.4) is 0 Å². The summed E-state index contributed by atoms with van der Waals surface area (Å²) in [5, 5.41) is 0. The fourth-order valence-electron chi connectivity index (χ4n) is 1.49. The lowest BCUT2D eigenvalue weighted by atomic mass is 9.73. The summed E-state index contributed by atoms with van der Waals surface area (Å²) in [4.78, 5) is 17.6. The normalized spacial score (nSPS) is 12.4. The van der Waals surface area contributed by atoms with Crippen LogP contribution in [0.15, 0.2) is 41.6 Å². The number of hydrogen-bond donors (Lipinski definition) is 0. The van der Waals surface area contributed by atoms with Gasteiger partial charge in [0, 0.05) is 19.8 Å². The highest BCUT2D eigenvalue weighted by molar-refractivity contribution is 6.38. The second-order valence-corrected chi connectivity index (χ2v) is 4.85. The van der Waals surface area contributed by atoms with E-state index in [1.165, 1.54) is 4.81 Å². The third-order valence-electron chi connectivity index (χ3n) is 2.76. The lowest BCUT2D eigenvalue weighted by Gasteiger charge is -2.24. The summed E-state index contributed by atoms with van der Waals surface area (Å²) in [5.74, 6) is 0.600. The van der Waals surface area contributed by atoms with E-state index in [1.54, 1.807) is 19.3 Å². The first kappa shape index (κ1) is 19.2. The van der Waals surface area contributed by atoms with E-state index in [0.29, 0.717) is 12.3 Å². The van der Waals surface area contributed by atoms with Gasteiger partial charge in [0.15, 0.2) is 0 Å². The van der Waals surface area contributed by atoms with Crippen LogP contribution in [0.1, 0.15) is 33.6 Å². The Hall–Kier alpha value is -1.78. The second kappa shape index (κ2) is 10.9. The van der Waals surface area contributed by atoms with Gasteiger partial charge in [-0.25, -0.2) is 4.79 Å². The Bertz CT molecular complexity index is 417. The van der Waals surface area contributed by atoms with Gasteiger partial charge in [0.2, 0.25) is 0 Å². The second-order valence-electron chi connectivity index (χ2n) is 4.85. The Morgan fingerprint density at radius 2 is 2.10 bits per heavy atom. The average Bonchev–Trinajstić information content (AvgIpc) is 2.44. The summed E-state index contributed by atoms with van der Waals surface area (Å²) in [6, 6.07) is 0. The lowest BCUT2D eigenvalue weighted by Crippen LogP contribution is -2.38. The fourth-order valence-corrected chi connectivity index (χ4v) is 1.49. The summed E-state index contributed by atoms with van der Waals surface area (Å²) < 4.78 is 5.23. The molecule has 0 aliphatic carbocycles. The largest absolute Gasteiger partial charge is 0.412 e. The predicted octanol–water partition coefficient (Wildman–Crippen LogP) is 4.00. The number of ether oxygens (including phenoxy) is 1. The van der Waals surface area contributed by atoms with Crippen molar-refractivity contribution in [3.05, 3.63) is 36.6 Å². The van der Waals surface area contributed by atoms with Gasteiger partial charge in [0.25, 0.3) is 7.41 Å². The monoisotopic (exact) mass is 289 g/mol. The number of aliphatic imine (C=N–C) groups is 1. The van der Waals surface area contributed by atoms with E-state index in [0.717, 1.165) is 18.4 Å². The first-order valence-corrected chi connectivity index (χ1v) is 7.23. The Labute approximate surface area is 129 Å². The molecule has 0 fully saturated rings. The maximum absolute atomic E-state index is 12.2. The summed E-state index contributed by atoms with van der Waals surface area (Å²) in [5.41, 5.74) is 0.740. The summed E-state index contributed by atoms with van der Waals surface area (Å²) in [6.07, 6.45) is 6.57. The first-order valence-electron chi connectivity index (χ1n) is 7.23. The minimum Gasteiger partial charge on any atom is -0.412 e. The number of nitrogens with zero attached hydrogens (tertiary/aromatic N) is 2. The minimum atomic E-state index is -0.452. The van der Waals surface area contributed by atoms with Crippen molar-refractivity contribution in [3.8, 4) is 0 Å². The van der Waals surface area contributed by atoms with Gasteiger partial charge < -0.3 is 9.55 Å². The van der Waals surface area contributed by atoms with Crippen molar-refractivity contribution in [2.45, 2.75) is 39.4 Å². The van der Waals surface area contributed by atoms with Gasteiger partial charge in [-0.15, -0.1) is 0 Å². The number of rotatable bonds is 9. The topological polar surface area (TPSA) is 41.9 Å². The van der Waals surface area contributed by atoms with Gasteiger partial charge in [-0.05, 0) is 23.9 Å². The molecule has 1 unspecified atom stereocenters. The number of amides is 1. The molecule has 0 aromatic heterocycles. The molecule has 0 aliphatic rings. The highest BCUT2D eigenvalue weighted by atomic mass is 16.6. The molecular formula is C16H26BN2O2. The third-order valence-corrected chi connectivity index (χ3v) is 2.76. The third kappa shape index (κ3) is 8.89.